The summed E-state index contributed by atoms with van der Waals surface area (Å²) >= 11 is 0. The maximum atomic E-state index is 9.28. The summed E-state index contributed by atoms with van der Waals surface area (Å²) in [6.45, 7) is 5.83. The van der Waals surface area contributed by atoms with Gasteiger partial charge in [0.2, 0.25) is 0 Å². The summed E-state index contributed by atoms with van der Waals surface area (Å²) in [7, 11) is 0. The van der Waals surface area contributed by atoms with E-state index in [1.807, 2.05) is 6.92 Å². The third-order valence-corrected chi connectivity index (χ3v) is 3.80. The van der Waals surface area contributed by atoms with Crippen LogP contribution in [-0.4, -0.2) is 30.3 Å². The van der Waals surface area contributed by atoms with Crippen LogP contribution in [0.15, 0.2) is 42.5 Å². The third-order valence-electron chi connectivity index (χ3n) is 3.80. The van der Waals surface area contributed by atoms with Gasteiger partial charge in [0.15, 0.2) is 0 Å². The molecule has 0 bridgehead atoms. The maximum absolute atomic E-state index is 9.28. The van der Waals surface area contributed by atoms with E-state index >= 15 is 0 Å². The molecule has 3 N–H and O–H groups in total. The first-order chi connectivity index (χ1) is 9.57. The Kier molecular flexibility index (Phi) is 4.63. The summed E-state index contributed by atoms with van der Waals surface area (Å²) in [5.74, 6) is 0. The quantitative estimate of drug-likeness (QED) is 0.850. The van der Waals surface area contributed by atoms with Crippen molar-refractivity contribution in [3.63, 3.8) is 0 Å². The number of nitrogens with two attached hydrogens (primary N) is 1. The average Bonchev–Trinajstić information content (AvgIpc) is 2.48. The van der Waals surface area contributed by atoms with E-state index < -0.39 is 5.54 Å². The zero-order chi connectivity index (χ0) is 14.6. The van der Waals surface area contributed by atoms with Gasteiger partial charge in [-0.1, -0.05) is 36.4 Å². The molecule has 3 nitrogen and oxygen atoms in total. The van der Waals surface area contributed by atoms with E-state index in [9.17, 15) is 5.11 Å². The highest BCUT2D eigenvalue weighted by Crippen LogP contribution is 2.27. The molecule has 2 aromatic rings. The summed E-state index contributed by atoms with van der Waals surface area (Å²) < 4.78 is 0. The van der Waals surface area contributed by atoms with Gasteiger partial charge in [-0.25, -0.2) is 0 Å². The lowest BCUT2D eigenvalue weighted by Gasteiger charge is -2.29. The van der Waals surface area contributed by atoms with Gasteiger partial charge in [-0.2, -0.15) is 0 Å². The molecule has 0 aliphatic rings. The molecule has 0 heterocycles. The number of benzene rings is 2. The van der Waals surface area contributed by atoms with Crippen molar-refractivity contribution in [2.24, 2.45) is 5.73 Å². The van der Waals surface area contributed by atoms with Gasteiger partial charge in [0, 0.05) is 29.7 Å². The SMILES string of the molecule is CCN(CCC(C)(N)CO)c1cccc2ccccc12. The van der Waals surface area contributed by atoms with E-state index in [1.165, 1.54) is 16.5 Å². The van der Waals surface area contributed by atoms with Crippen LogP contribution in [0.5, 0.6) is 0 Å². The molecule has 0 radical (unpaired) electrons. The topological polar surface area (TPSA) is 49.5 Å². The molecule has 2 rings (SSSR count). The Labute approximate surface area is 121 Å². The number of hydrogen-bond donors (Lipinski definition) is 2. The van der Waals surface area contributed by atoms with Crippen LogP contribution in [0.2, 0.25) is 0 Å². The van der Waals surface area contributed by atoms with Gasteiger partial charge in [-0.3, -0.25) is 0 Å². The van der Waals surface area contributed by atoms with Crippen molar-refractivity contribution < 1.29 is 5.11 Å². The number of anilines is 1. The number of aliphatic hydroxyl groups is 1. The van der Waals surface area contributed by atoms with Crippen LogP contribution >= 0.6 is 0 Å². The predicted octanol–water partition coefficient (Wildman–Crippen LogP) is 2.77. The lowest BCUT2D eigenvalue weighted by atomic mass is 10.00. The highest BCUT2D eigenvalue weighted by atomic mass is 16.3. The highest BCUT2D eigenvalue weighted by molar-refractivity contribution is 5.94. The van der Waals surface area contributed by atoms with Crippen molar-refractivity contribution in [2.45, 2.75) is 25.8 Å². The fourth-order valence-corrected chi connectivity index (χ4v) is 2.40. The normalized spacial score (nSPS) is 14.2. The molecule has 0 aromatic heterocycles. The molecule has 0 aliphatic heterocycles. The van der Waals surface area contributed by atoms with Crippen molar-refractivity contribution in [1.82, 2.24) is 0 Å². The Hall–Kier alpha value is -1.58. The van der Waals surface area contributed by atoms with Gasteiger partial charge in [-0.05, 0) is 31.7 Å². The molecule has 1 unspecified atom stereocenters. The van der Waals surface area contributed by atoms with E-state index in [0.717, 1.165) is 19.5 Å². The lowest BCUT2D eigenvalue weighted by Crippen LogP contribution is -2.43. The molecule has 108 valence electrons. The first kappa shape index (κ1) is 14.8. The van der Waals surface area contributed by atoms with Crippen LogP contribution in [0, 0.1) is 0 Å². The Morgan fingerprint density at radius 3 is 2.55 bits per heavy atom. The summed E-state index contributed by atoms with van der Waals surface area (Å²) in [5.41, 5.74) is 6.75. The second-order valence-electron chi connectivity index (χ2n) is 5.64. The van der Waals surface area contributed by atoms with E-state index in [2.05, 4.69) is 54.3 Å². The summed E-state index contributed by atoms with van der Waals surface area (Å²) in [5, 5.41) is 11.8. The van der Waals surface area contributed by atoms with Crippen molar-refractivity contribution in [2.75, 3.05) is 24.6 Å². The minimum absolute atomic E-state index is 0.0140. The largest absolute Gasteiger partial charge is 0.394 e. The first-order valence-corrected chi connectivity index (χ1v) is 7.20. The molecule has 0 saturated heterocycles. The molecule has 0 aliphatic carbocycles. The number of hydrogen-bond acceptors (Lipinski definition) is 3. The Morgan fingerprint density at radius 1 is 1.15 bits per heavy atom. The molecule has 0 saturated carbocycles. The van der Waals surface area contributed by atoms with Crippen LogP contribution in [0.4, 0.5) is 5.69 Å². The van der Waals surface area contributed by atoms with Gasteiger partial charge in [0.05, 0.1) is 6.61 Å². The highest BCUT2D eigenvalue weighted by Gasteiger charge is 2.18. The monoisotopic (exact) mass is 272 g/mol. The minimum Gasteiger partial charge on any atom is -0.394 e. The molecule has 0 spiro atoms. The van der Waals surface area contributed by atoms with Gasteiger partial charge in [0.1, 0.15) is 0 Å². The molecule has 3 heteroatoms. The molecule has 1 atom stereocenters. The number of fused-ring (bicyclic) bond motifs is 1. The van der Waals surface area contributed by atoms with Gasteiger partial charge in [0.25, 0.3) is 0 Å². The maximum Gasteiger partial charge on any atom is 0.0609 e. The standard InChI is InChI=1S/C17H24N2O/c1-3-19(12-11-17(2,18)13-20)16-10-6-8-14-7-4-5-9-15(14)16/h4-10,20H,3,11-13,18H2,1-2H3. The Morgan fingerprint density at radius 2 is 1.85 bits per heavy atom. The van der Waals surface area contributed by atoms with Crippen molar-refractivity contribution >= 4 is 16.5 Å². The summed E-state index contributed by atoms with van der Waals surface area (Å²) in [6, 6.07) is 14.8. The number of aliphatic hydroxyl groups excluding tert-OH is 1. The molecule has 20 heavy (non-hydrogen) atoms. The summed E-state index contributed by atoms with van der Waals surface area (Å²) in [6.07, 6.45) is 0.764. The molecular formula is C17H24N2O. The van der Waals surface area contributed by atoms with E-state index in [-0.39, 0.29) is 6.61 Å². The fraction of sp³-hybridized carbons (Fsp3) is 0.412. The predicted molar refractivity (Wildman–Crippen MR) is 86.1 cm³/mol. The van der Waals surface area contributed by atoms with Crippen molar-refractivity contribution in [1.29, 1.82) is 0 Å². The minimum atomic E-state index is -0.516. The van der Waals surface area contributed by atoms with Gasteiger partial charge >= 0.3 is 0 Å². The zero-order valence-electron chi connectivity index (χ0n) is 12.3. The van der Waals surface area contributed by atoms with E-state index in [4.69, 9.17) is 5.73 Å². The molecule has 0 fully saturated rings. The lowest BCUT2D eigenvalue weighted by molar-refractivity contribution is 0.202. The zero-order valence-corrected chi connectivity index (χ0v) is 12.3. The van der Waals surface area contributed by atoms with Crippen LogP contribution in [-0.2, 0) is 0 Å². The second kappa shape index (κ2) is 6.25. The van der Waals surface area contributed by atoms with Crippen LogP contribution < -0.4 is 10.6 Å². The Balaban J connectivity index is 2.26. The molecule has 0 amide bonds. The van der Waals surface area contributed by atoms with Crippen LogP contribution in [0.3, 0.4) is 0 Å². The average molecular weight is 272 g/mol. The third kappa shape index (κ3) is 3.30. The van der Waals surface area contributed by atoms with Crippen LogP contribution in [0.25, 0.3) is 10.8 Å². The van der Waals surface area contributed by atoms with E-state index in [0.29, 0.717) is 0 Å². The van der Waals surface area contributed by atoms with Crippen molar-refractivity contribution in [3.05, 3.63) is 42.5 Å². The molecule has 2 aromatic carbocycles. The smallest absolute Gasteiger partial charge is 0.0609 e. The molecular weight excluding hydrogens is 248 g/mol. The van der Waals surface area contributed by atoms with Crippen molar-refractivity contribution in [3.8, 4) is 0 Å². The Bertz CT molecular complexity index is 560. The summed E-state index contributed by atoms with van der Waals surface area (Å²) in [4.78, 5) is 2.32. The van der Waals surface area contributed by atoms with Crippen LogP contribution in [0.1, 0.15) is 20.3 Å². The van der Waals surface area contributed by atoms with Gasteiger partial charge in [-0.15, -0.1) is 0 Å². The fourth-order valence-electron chi connectivity index (χ4n) is 2.40. The van der Waals surface area contributed by atoms with E-state index in [1.54, 1.807) is 0 Å². The number of rotatable bonds is 6. The number of nitrogens with zero attached hydrogens (tertiary/aromatic N) is 1. The first-order valence-electron chi connectivity index (χ1n) is 7.20. The van der Waals surface area contributed by atoms with Gasteiger partial charge < -0.3 is 15.7 Å². The second-order valence-corrected chi connectivity index (χ2v) is 5.64.